The molecule has 0 unspecified atom stereocenters. The lowest BCUT2D eigenvalue weighted by atomic mass is 10.4. The van der Waals surface area contributed by atoms with Crippen LogP contribution in [0, 0.1) is 0 Å². The van der Waals surface area contributed by atoms with Gasteiger partial charge in [-0.2, -0.15) is 0 Å². The molecule has 5 nitrogen and oxygen atoms in total. The van der Waals surface area contributed by atoms with Crippen LogP contribution in [0.2, 0.25) is 0 Å². The van der Waals surface area contributed by atoms with E-state index in [9.17, 15) is 8.42 Å². The summed E-state index contributed by atoms with van der Waals surface area (Å²) in [7, 11) is -2.97. The number of aromatic nitrogens is 1. The van der Waals surface area contributed by atoms with Crippen LogP contribution in [0.1, 0.15) is 0 Å². The van der Waals surface area contributed by atoms with Crippen LogP contribution in [0.25, 0.3) is 0 Å². The maximum atomic E-state index is 11.2. The van der Waals surface area contributed by atoms with E-state index in [1.165, 1.54) is 0 Å². The molecule has 0 spiro atoms. The molecule has 0 atom stereocenters. The highest BCUT2D eigenvalue weighted by Gasteiger charge is 2.20. The van der Waals surface area contributed by atoms with Crippen molar-refractivity contribution in [3.8, 4) is 0 Å². The second kappa shape index (κ2) is 4.80. The number of anilines is 1. The molecule has 2 N–H and O–H groups in total. The van der Waals surface area contributed by atoms with E-state index in [0.29, 0.717) is 16.6 Å². The van der Waals surface area contributed by atoms with Gasteiger partial charge in [0, 0.05) is 11.9 Å². The van der Waals surface area contributed by atoms with Crippen molar-refractivity contribution in [2.75, 3.05) is 16.8 Å². The molecule has 1 aromatic heterocycles. The molecule has 0 saturated heterocycles. The van der Waals surface area contributed by atoms with Crippen molar-refractivity contribution in [1.29, 1.82) is 0 Å². The molecule has 1 aliphatic heterocycles. The lowest BCUT2D eigenvalue weighted by molar-refractivity contribution is 0.603. The van der Waals surface area contributed by atoms with E-state index < -0.39 is 9.84 Å². The molecule has 1 aliphatic rings. The first-order valence-corrected chi connectivity index (χ1v) is 7.17. The molecule has 2 heterocycles. The monoisotopic (exact) mass is 269 g/mol. The Morgan fingerprint density at radius 3 is 2.76 bits per heavy atom. The van der Waals surface area contributed by atoms with Crippen molar-refractivity contribution in [1.82, 2.24) is 10.3 Å². The highest BCUT2D eigenvalue weighted by atomic mass is 32.2. The Hall–Kier alpha value is -1.47. The molecule has 1 aromatic rings. The fourth-order valence-electron chi connectivity index (χ4n) is 1.40. The maximum absolute atomic E-state index is 11.2. The van der Waals surface area contributed by atoms with Gasteiger partial charge in [-0.3, -0.25) is 0 Å². The molecule has 0 amide bonds. The van der Waals surface area contributed by atoms with Crippen LogP contribution >= 0.6 is 12.2 Å². The number of rotatable bonds is 2. The third-order valence-electron chi connectivity index (χ3n) is 2.14. The highest BCUT2D eigenvalue weighted by Crippen LogP contribution is 2.09. The standard InChI is InChI=1S/C10H11N3O2S2/c14-17(15)6-4-8(7-17)12-10(16)13-9-3-1-2-5-11-9/h1-5H,6-7H2,(H2,11,12,13,16). The van der Waals surface area contributed by atoms with Crippen molar-refractivity contribution < 1.29 is 8.42 Å². The topological polar surface area (TPSA) is 71.1 Å². The van der Waals surface area contributed by atoms with E-state index in [2.05, 4.69) is 15.6 Å². The Morgan fingerprint density at radius 2 is 2.18 bits per heavy atom. The lowest BCUT2D eigenvalue weighted by Crippen LogP contribution is -2.29. The first kappa shape index (κ1) is 12.0. The van der Waals surface area contributed by atoms with Crippen LogP contribution in [0.4, 0.5) is 5.82 Å². The average Bonchev–Trinajstić information content (AvgIpc) is 2.59. The van der Waals surface area contributed by atoms with Crippen molar-refractivity contribution in [3.05, 3.63) is 36.2 Å². The molecular weight excluding hydrogens is 258 g/mol. The maximum Gasteiger partial charge on any atom is 0.176 e. The third-order valence-corrected chi connectivity index (χ3v) is 3.77. The van der Waals surface area contributed by atoms with Crippen molar-refractivity contribution >= 4 is 33.0 Å². The van der Waals surface area contributed by atoms with Crippen molar-refractivity contribution in [2.24, 2.45) is 0 Å². The smallest absolute Gasteiger partial charge is 0.176 e. The average molecular weight is 269 g/mol. The van der Waals surface area contributed by atoms with E-state index in [-0.39, 0.29) is 11.5 Å². The number of hydrogen-bond acceptors (Lipinski definition) is 4. The van der Waals surface area contributed by atoms with Gasteiger partial charge in [-0.05, 0) is 30.4 Å². The summed E-state index contributed by atoms with van der Waals surface area (Å²) >= 11 is 5.05. The number of hydrogen-bond donors (Lipinski definition) is 2. The Balaban J connectivity index is 1.91. The predicted molar refractivity (Wildman–Crippen MR) is 70.3 cm³/mol. The fourth-order valence-corrected chi connectivity index (χ4v) is 2.87. The second-order valence-electron chi connectivity index (χ2n) is 3.58. The Kier molecular flexibility index (Phi) is 3.39. The minimum atomic E-state index is -2.97. The van der Waals surface area contributed by atoms with Gasteiger partial charge in [-0.25, -0.2) is 13.4 Å². The van der Waals surface area contributed by atoms with Crippen molar-refractivity contribution in [2.45, 2.75) is 0 Å². The van der Waals surface area contributed by atoms with E-state index in [4.69, 9.17) is 12.2 Å². The molecule has 0 radical (unpaired) electrons. The summed E-state index contributed by atoms with van der Waals surface area (Å²) in [6.45, 7) is 0. The van der Waals surface area contributed by atoms with Gasteiger partial charge in [-0.15, -0.1) is 0 Å². The van der Waals surface area contributed by atoms with Gasteiger partial charge < -0.3 is 10.6 Å². The number of nitrogens with one attached hydrogen (secondary N) is 2. The summed E-state index contributed by atoms with van der Waals surface area (Å²) in [5, 5.41) is 6.05. The Bertz CT molecular complexity index is 552. The zero-order valence-corrected chi connectivity index (χ0v) is 10.5. The van der Waals surface area contributed by atoms with Crippen LogP contribution < -0.4 is 10.6 Å². The molecule has 0 fully saturated rings. The molecule has 2 rings (SSSR count). The molecule has 0 aliphatic carbocycles. The number of sulfone groups is 1. The predicted octanol–water partition coefficient (Wildman–Crippen LogP) is 0.680. The summed E-state index contributed by atoms with van der Waals surface area (Å²) in [5.74, 6) is 0.699. The fraction of sp³-hybridized carbons (Fsp3) is 0.200. The highest BCUT2D eigenvalue weighted by molar-refractivity contribution is 7.92. The van der Waals surface area contributed by atoms with E-state index >= 15 is 0 Å². The van der Waals surface area contributed by atoms with Gasteiger partial charge in [0.05, 0.1) is 11.5 Å². The van der Waals surface area contributed by atoms with Gasteiger partial charge in [0.1, 0.15) is 5.82 Å². The summed E-state index contributed by atoms with van der Waals surface area (Å²) in [5.41, 5.74) is 0.610. The van der Waals surface area contributed by atoms with Gasteiger partial charge >= 0.3 is 0 Å². The van der Waals surface area contributed by atoms with Gasteiger partial charge in [-0.1, -0.05) is 6.07 Å². The molecule has 90 valence electrons. The summed E-state index contributed by atoms with van der Waals surface area (Å²) in [6.07, 6.45) is 3.27. The summed E-state index contributed by atoms with van der Waals surface area (Å²) < 4.78 is 22.4. The zero-order chi connectivity index (χ0) is 12.3. The Morgan fingerprint density at radius 1 is 1.35 bits per heavy atom. The van der Waals surface area contributed by atoms with Crippen LogP contribution in [-0.4, -0.2) is 30.0 Å². The van der Waals surface area contributed by atoms with E-state index in [1.54, 1.807) is 24.4 Å². The number of thiocarbonyl (C=S) groups is 1. The normalized spacial score (nSPS) is 17.3. The zero-order valence-electron chi connectivity index (χ0n) is 8.88. The molecule has 0 aromatic carbocycles. The third kappa shape index (κ3) is 3.50. The molecule has 0 bridgehead atoms. The van der Waals surface area contributed by atoms with E-state index in [1.807, 2.05) is 6.07 Å². The molecule has 0 saturated carbocycles. The quantitative estimate of drug-likeness (QED) is 0.769. The molecular formula is C10H11N3O2S2. The number of nitrogens with zero attached hydrogens (tertiary/aromatic N) is 1. The van der Waals surface area contributed by atoms with Crippen LogP contribution in [0.3, 0.4) is 0 Å². The number of pyridine rings is 1. The van der Waals surface area contributed by atoms with E-state index in [0.717, 1.165) is 0 Å². The van der Waals surface area contributed by atoms with Crippen LogP contribution in [0.5, 0.6) is 0 Å². The van der Waals surface area contributed by atoms with Gasteiger partial charge in [0.15, 0.2) is 14.9 Å². The van der Waals surface area contributed by atoms with Crippen LogP contribution in [-0.2, 0) is 9.84 Å². The first-order chi connectivity index (χ1) is 8.05. The minimum Gasteiger partial charge on any atom is -0.335 e. The second-order valence-corrected chi connectivity index (χ2v) is 6.10. The molecule has 17 heavy (non-hydrogen) atoms. The summed E-state index contributed by atoms with van der Waals surface area (Å²) in [4.78, 5) is 4.05. The van der Waals surface area contributed by atoms with Crippen LogP contribution in [0.15, 0.2) is 36.2 Å². The summed E-state index contributed by atoms with van der Waals surface area (Å²) in [6, 6.07) is 5.40. The first-order valence-electron chi connectivity index (χ1n) is 4.94. The Labute approximate surface area is 105 Å². The molecule has 7 heteroatoms. The van der Waals surface area contributed by atoms with Gasteiger partial charge in [0.25, 0.3) is 0 Å². The van der Waals surface area contributed by atoms with Crippen molar-refractivity contribution in [3.63, 3.8) is 0 Å². The van der Waals surface area contributed by atoms with Gasteiger partial charge in [0.2, 0.25) is 0 Å². The minimum absolute atomic E-state index is 0.0110. The SMILES string of the molecule is O=S1(=O)CC=C(NC(=S)Nc2ccccn2)C1. The largest absolute Gasteiger partial charge is 0.335 e. The lowest BCUT2D eigenvalue weighted by Gasteiger charge is -2.09.